The lowest BCUT2D eigenvalue weighted by Gasteiger charge is -2.13. The van der Waals surface area contributed by atoms with Crippen molar-refractivity contribution in [1.82, 2.24) is 4.72 Å². The predicted molar refractivity (Wildman–Crippen MR) is 64.0 cm³/mol. The number of halogens is 1. The average Bonchev–Trinajstić information content (AvgIpc) is 2.27. The number of nitrogens with one attached hydrogen (secondary N) is 1. The first kappa shape index (κ1) is 15.0. The van der Waals surface area contributed by atoms with Gasteiger partial charge in [0.15, 0.2) is 0 Å². The molecule has 7 heteroatoms. The molecule has 0 aliphatic rings. The van der Waals surface area contributed by atoms with E-state index in [1.165, 1.54) is 13.2 Å². The second-order valence-corrected chi connectivity index (χ2v) is 5.58. The van der Waals surface area contributed by atoms with Gasteiger partial charge in [-0.25, -0.2) is 17.5 Å². The molecule has 0 saturated heterocycles. The Hall–Kier alpha value is -1.02. The van der Waals surface area contributed by atoms with Crippen LogP contribution in [0.5, 0.6) is 0 Å². The van der Waals surface area contributed by atoms with Crippen molar-refractivity contribution in [3.63, 3.8) is 0 Å². The van der Waals surface area contributed by atoms with Gasteiger partial charge in [-0.05, 0) is 24.6 Å². The third-order valence-electron chi connectivity index (χ3n) is 2.24. The number of ether oxygens (including phenoxy) is 1. The van der Waals surface area contributed by atoms with E-state index < -0.39 is 26.8 Å². The first-order chi connectivity index (χ1) is 8.40. The van der Waals surface area contributed by atoms with Crippen molar-refractivity contribution in [2.45, 2.75) is 24.5 Å². The highest BCUT2D eigenvalue weighted by atomic mass is 32.2. The van der Waals surface area contributed by atoms with Gasteiger partial charge < -0.3 is 9.84 Å². The van der Waals surface area contributed by atoms with E-state index in [2.05, 4.69) is 4.72 Å². The summed E-state index contributed by atoms with van der Waals surface area (Å²) in [5.74, 6) is -0.890. The Morgan fingerprint density at radius 3 is 2.67 bits per heavy atom. The maximum atomic E-state index is 13.6. The van der Waals surface area contributed by atoms with Crippen molar-refractivity contribution in [2.24, 2.45) is 0 Å². The number of rotatable bonds is 6. The van der Waals surface area contributed by atoms with Crippen molar-refractivity contribution in [1.29, 1.82) is 0 Å². The number of hydrogen-bond donors (Lipinski definition) is 2. The summed E-state index contributed by atoms with van der Waals surface area (Å²) < 4.78 is 44.4. The van der Waals surface area contributed by atoms with Gasteiger partial charge in [-0.3, -0.25) is 0 Å². The van der Waals surface area contributed by atoms with Crippen LogP contribution in [0.4, 0.5) is 4.39 Å². The van der Waals surface area contributed by atoms with Gasteiger partial charge in [-0.15, -0.1) is 0 Å². The van der Waals surface area contributed by atoms with Gasteiger partial charge in [0.25, 0.3) is 0 Å². The molecule has 0 heterocycles. The molecule has 0 aliphatic carbocycles. The molecule has 2 N–H and O–H groups in total. The second-order valence-electron chi connectivity index (χ2n) is 3.90. The fourth-order valence-electron chi connectivity index (χ4n) is 1.47. The molecule has 1 unspecified atom stereocenters. The molecule has 1 rings (SSSR count). The highest BCUT2D eigenvalue weighted by Gasteiger charge is 2.21. The Labute approximate surface area is 106 Å². The molecule has 0 aliphatic heterocycles. The van der Waals surface area contributed by atoms with E-state index in [4.69, 9.17) is 9.84 Å². The summed E-state index contributed by atoms with van der Waals surface area (Å²) in [6.07, 6.45) is 0. The van der Waals surface area contributed by atoms with Crippen LogP contribution in [0.1, 0.15) is 12.5 Å². The zero-order valence-corrected chi connectivity index (χ0v) is 11.0. The minimum Gasteiger partial charge on any atom is -0.392 e. The summed E-state index contributed by atoms with van der Waals surface area (Å²) in [6.45, 7) is 1.46. The molecule has 0 saturated carbocycles. The quantitative estimate of drug-likeness (QED) is 0.799. The van der Waals surface area contributed by atoms with E-state index in [1.54, 1.807) is 6.92 Å². The largest absolute Gasteiger partial charge is 0.392 e. The summed E-state index contributed by atoms with van der Waals surface area (Å²) in [5, 5.41) is 8.82. The van der Waals surface area contributed by atoms with Crippen LogP contribution in [0.15, 0.2) is 23.1 Å². The monoisotopic (exact) mass is 277 g/mol. The van der Waals surface area contributed by atoms with Gasteiger partial charge in [0, 0.05) is 13.2 Å². The molecule has 0 bridgehead atoms. The first-order valence-corrected chi connectivity index (χ1v) is 6.79. The van der Waals surface area contributed by atoms with E-state index in [-0.39, 0.29) is 13.2 Å². The average molecular weight is 277 g/mol. The standard InChI is InChI=1S/C11H16FNO4S/c1-8(7-17-2)13-18(15,16)11-4-3-9(6-14)5-10(11)12/h3-5,8,13-14H,6-7H2,1-2H3. The van der Waals surface area contributed by atoms with E-state index in [0.717, 1.165) is 12.1 Å². The van der Waals surface area contributed by atoms with Gasteiger partial charge in [-0.1, -0.05) is 6.07 Å². The number of aliphatic hydroxyl groups is 1. The second kappa shape index (κ2) is 6.24. The van der Waals surface area contributed by atoms with Crippen molar-refractivity contribution in [3.8, 4) is 0 Å². The van der Waals surface area contributed by atoms with Crippen LogP contribution in [-0.4, -0.2) is 33.3 Å². The van der Waals surface area contributed by atoms with Crippen LogP contribution in [0.3, 0.4) is 0 Å². The molecule has 0 fully saturated rings. The van der Waals surface area contributed by atoms with Crippen LogP contribution < -0.4 is 4.72 Å². The Morgan fingerprint density at radius 1 is 1.50 bits per heavy atom. The Balaban J connectivity index is 2.98. The van der Waals surface area contributed by atoms with Crippen molar-refractivity contribution < 1.29 is 22.7 Å². The van der Waals surface area contributed by atoms with Crippen LogP contribution in [0.25, 0.3) is 0 Å². The molecule has 0 amide bonds. The van der Waals surface area contributed by atoms with Gasteiger partial charge in [0.2, 0.25) is 10.0 Å². The molecule has 18 heavy (non-hydrogen) atoms. The summed E-state index contributed by atoms with van der Waals surface area (Å²) in [5.41, 5.74) is 0.316. The highest BCUT2D eigenvalue weighted by Crippen LogP contribution is 2.16. The van der Waals surface area contributed by atoms with Gasteiger partial charge in [0.05, 0.1) is 13.2 Å². The number of aliphatic hydroxyl groups excluding tert-OH is 1. The zero-order chi connectivity index (χ0) is 13.8. The summed E-state index contributed by atoms with van der Waals surface area (Å²) in [4.78, 5) is -0.442. The lowest BCUT2D eigenvalue weighted by Crippen LogP contribution is -2.36. The number of methoxy groups -OCH3 is 1. The highest BCUT2D eigenvalue weighted by molar-refractivity contribution is 7.89. The maximum Gasteiger partial charge on any atom is 0.243 e. The summed E-state index contributed by atoms with van der Waals surface area (Å²) >= 11 is 0. The Kier molecular flexibility index (Phi) is 5.21. The lowest BCUT2D eigenvalue weighted by molar-refractivity contribution is 0.180. The fraction of sp³-hybridized carbons (Fsp3) is 0.455. The molecule has 1 atom stereocenters. The third-order valence-corrected chi connectivity index (χ3v) is 3.86. The van der Waals surface area contributed by atoms with Crippen molar-refractivity contribution >= 4 is 10.0 Å². The van der Waals surface area contributed by atoms with E-state index in [1.807, 2.05) is 0 Å². The smallest absolute Gasteiger partial charge is 0.243 e. The summed E-state index contributed by atoms with van der Waals surface area (Å²) in [7, 11) is -2.48. The van der Waals surface area contributed by atoms with E-state index in [0.29, 0.717) is 5.56 Å². The van der Waals surface area contributed by atoms with E-state index in [9.17, 15) is 12.8 Å². The summed E-state index contributed by atoms with van der Waals surface area (Å²) in [6, 6.07) is 3.02. The topological polar surface area (TPSA) is 75.6 Å². The molecular weight excluding hydrogens is 261 g/mol. The number of sulfonamides is 1. The zero-order valence-electron chi connectivity index (χ0n) is 10.2. The Bertz CT molecular complexity index is 504. The van der Waals surface area contributed by atoms with Crippen molar-refractivity contribution in [3.05, 3.63) is 29.6 Å². The third kappa shape index (κ3) is 3.74. The van der Waals surface area contributed by atoms with Gasteiger partial charge in [0.1, 0.15) is 10.7 Å². The molecule has 5 nitrogen and oxygen atoms in total. The van der Waals surface area contributed by atoms with E-state index >= 15 is 0 Å². The van der Waals surface area contributed by atoms with Crippen LogP contribution >= 0.6 is 0 Å². The Morgan fingerprint density at radius 2 is 2.17 bits per heavy atom. The molecular formula is C11H16FNO4S. The van der Waals surface area contributed by atoms with Crippen LogP contribution in [0.2, 0.25) is 0 Å². The molecule has 102 valence electrons. The fourth-order valence-corrected chi connectivity index (χ4v) is 2.76. The molecule has 0 aromatic heterocycles. The van der Waals surface area contributed by atoms with Crippen molar-refractivity contribution in [2.75, 3.05) is 13.7 Å². The van der Waals surface area contributed by atoms with Crippen LogP contribution in [0, 0.1) is 5.82 Å². The van der Waals surface area contributed by atoms with Crippen LogP contribution in [-0.2, 0) is 21.4 Å². The minimum absolute atomic E-state index is 0.190. The molecule has 0 radical (unpaired) electrons. The molecule has 1 aromatic rings. The predicted octanol–water partition coefficient (Wildman–Crippen LogP) is 0.631. The van der Waals surface area contributed by atoms with Gasteiger partial charge >= 0.3 is 0 Å². The van der Waals surface area contributed by atoms with Gasteiger partial charge in [-0.2, -0.15) is 0 Å². The number of benzene rings is 1. The molecule has 0 spiro atoms. The minimum atomic E-state index is -3.92. The number of hydrogen-bond acceptors (Lipinski definition) is 4. The lowest BCUT2D eigenvalue weighted by atomic mass is 10.2. The molecule has 1 aromatic carbocycles. The normalized spacial score (nSPS) is 13.6. The first-order valence-electron chi connectivity index (χ1n) is 5.31. The maximum absolute atomic E-state index is 13.6. The SMILES string of the molecule is COCC(C)NS(=O)(=O)c1ccc(CO)cc1F.